The highest BCUT2D eigenvalue weighted by atomic mass is 79.9. The Bertz CT molecular complexity index is 349. The molecule has 1 aromatic rings. The first-order chi connectivity index (χ1) is 7.60. The topological polar surface area (TPSA) is 42.2 Å². The monoisotopic (exact) mass is 287 g/mol. The van der Waals surface area contributed by atoms with E-state index in [0.717, 1.165) is 17.5 Å². The number of halogens is 1. The van der Waals surface area contributed by atoms with Crippen LogP contribution in [0.4, 0.5) is 0 Å². The van der Waals surface area contributed by atoms with E-state index in [4.69, 9.17) is 4.42 Å². The molecule has 2 unspecified atom stereocenters. The van der Waals surface area contributed by atoms with Crippen LogP contribution >= 0.6 is 15.9 Å². The molecule has 90 valence electrons. The molecule has 0 saturated heterocycles. The average molecular weight is 288 g/mol. The number of carbonyl (C=O) groups excluding carboxylic acids is 1. The Hall–Kier alpha value is -0.770. The van der Waals surface area contributed by atoms with E-state index in [-0.39, 0.29) is 11.9 Å². The highest BCUT2D eigenvalue weighted by molar-refractivity contribution is 9.09. The molecule has 0 aliphatic rings. The molecule has 0 saturated carbocycles. The van der Waals surface area contributed by atoms with Crippen molar-refractivity contribution in [3.8, 4) is 0 Å². The van der Waals surface area contributed by atoms with Crippen LogP contribution in [-0.4, -0.2) is 17.3 Å². The normalized spacial score (nSPS) is 14.5. The van der Waals surface area contributed by atoms with Crippen LogP contribution in [0.1, 0.15) is 36.9 Å². The second kappa shape index (κ2) is 6.09. The first kappa shape index (κ1) is 13.3. The van der Waals surface area contributed by atoms with Crippen molar-refractivity contribution in [1.82, 2.24) is 5.32 Å². The van der Waals surface area contributed by atoms with Crippen LogP contribution in [0.15, 0.2) is 16.7 Å². The molecule has 4 heteroatoms. The van der Waals surface area contributed by atoms with Gasteiger partial charge < -0.3 is 9.73 Å². The van der Waals surface area contributed by atoms with Gasteiger partial charge in [0.2, 0.25) is 0 Å². The fourth-order valence-electron chi connectivity index (χ4n) is 1.38. The lowest BCUT2D eigenvalue weighted by Gasteiger charge is -2.19. The van der Waals surface area contributed by atoms with E-state index < -0.39 is 0 Å². The van der Waals surface area contributed by atoms with Gasteiger partial charge >= 0.3 is 0 Å². The molecular weight excluding hydrogens is 270 g/mol. The van der Waals surface area contributed by atoms with E-state index in [2.05, 4.69) is 28.2 Å². The summed E-state index contributed by atoms with van der Waals surface area (Å²) in [7, 11) is 0. The molecular formula is C12H18BrNO2. The zero-order valence-corrected chi connectivity index (χ0v) is 11.5. The summed E-state index contributed by atoms with van der Waals surface area (Å²) in [5.74, 6) is 1.10. The number of rotatable bonds is 5. The fraction of sp³-hybridized carbons (Fsp3) is 0.583. The summed E-state index contributed by atoms with van der Waals surface area (Å²) >= 11 is 3.41. The Morgan fingerprint density at radius 2 is 2.25 bits per heavy atom. The standard InChI is InChI=1S/C12H18BrNO2/c1-4-11-10(5-6-16-11)12(15)14-9(3)8(2)7-13/h5-6,8-9H,4,7H2,1-3H3,(H,14,15). The maximum atomic E-state index is 11.9. The number of nitrogens with one attached hydrogen (secondary N) is 1. The number of amides is 1. The maximum Gasteiger partial charge on any atom is 0.255 e. The molecule has 1 N–H and O–H groups in total. The van der Waals surface area contributed by atoms with E-state index in [1.54, 1.807) is 12.3 Å². The van der Waals surface area contributed by atoms with E-state index in [0.29, 0.717) is 11.5 Å². The van der Waals surface area contributed by atoms with Crippen LogP contribution in [-0.2, 0) is 6.42 Å². The zero-order valence-electron chi connectivity index (χ0n) is 9.92. The Morgan fingerprint density at radius 3 is 2.81 bits per heavy atom. The Kier molecular flexibility index (Phi) is 5.06. The predicted molar refractivity (Wildman–Crippen MR) is 68.0 cm³/mol. The zero-order chi connectivity index (χ0) is 12.1. The fourth-order valence-corrected chi connectivity index (χ4v) is 1.94. The Labute approximate surface area is 105 Å². The molecule has 1 amide bonds. The van der Waals surface area contributed by atoms with Crippen LogP contribution in [0.2, 0.25) is 0 Å². The highest BCUT2D eigenvalue weighted by Gasteiger charge is 2.18. The summed E-state index contributed by atoms with van der Waals surface area (Å²) in [4.78, 5) is 11.9. The number of carbonyl (C=O) groups is 1. The van der Waals surface area contributed by atoms with Gasteiger partial charge in [0.1, 0.15) is 5.76 Å². The average Bonchev–Trinajstić information content (AvgIpc) is 2.75. The molecule has 1 rings (SSSR count). The van der Waals surface area contributed by atoms with Gasteiger partial charge in [-0.3, -0.25) is 4.79 Å². The second-order valence-electron chi connectivity index (χ2n) is 4.00. The van der Waals surface area contributed by atoms with Gasteiger partial charge in [0, 0.05) is 17.8 Å². The van der Waals surface area contributed by atoms with Crippen molar-refractivity contribution in [2.45, 2.75) is 33.2 Å². The number of alkyl halides is 1. The van der Waals surface area contributed by atoms with E-state index in [9.17, 15) is 4.79 Å². The van der Waals surface area contributed by atoms with Crippen LogP contribution < -0.4 is 5.32 Å². The van der Waals surface area contributed by atoms with Crippen molar-refractivity contribution in [2.75, 3.05) is 5.33 Å². The molecule has 0 fully saturated rings. The van der Waals surface area contributed by atoms with Crippen molar-refractivity contribution in [1.29, 1.82) is 0 Å². The molecule has 0 aliphatic heterocycles. The maximum absolute atomic E-state index is 11.9. The van der Waals surface area contributed by atoms with E-state index in [1.807, 2.05) is 13.8 Å². The lowest BCUT2D eigenvalue weighted by Crippen LogP contribution is -2.37. The minimum absolute atomic E-state index is 0.0501. The van der Waals surface area contributed by atoms with Gasteiger partial charge in [-0.25, -0.2) is 0 Å². The van der Waals surface area contributed by atoms with Crippen LogP contribution in [0.25, 0.3) is 0 Å². The quantitative estimate of drug-likeness (QED) is 0.846. The smallest absolute Gasteiger partial charge is 0.255 e. The Morgan fingerprint density at radius 1 is 1.56 bits per heavy atom. The largest absolute Gasteiger partial charge is 0.469 e. The van der Waals surface area contributed by atoms with Gasteiger partial charge in [-0.2, -0.15) is 0 Å². The molecule has 3 nitrogen and oxygen atoms in total. The van der Waals surface area contributed by atoms with Gasteiger partial charge in [-0.15, -0.1) is 0 Å². The highest BCUT2D eigenvalue weighted by Crippen LogP contribution is 2.12. The number of hydrogen-bond donors (Lipinski definition) is 1. The van der Waals surface area contributed by atoms with Crippen LogP contribution in [0.5, 0.6) is 0 Å². The van der Waals surface area contributed by atoms with Crippen LogP contribution in [0, 0.1) is 5.92 Å². The third-order valence-electron chi connectivity index (χ3n) is 2.77. The molecule has 0 spiro atoms. The summed E-state index contributed by atoms with van der Waals surface area (Å²) < 4.78 is 5.23. The third-order valence-corrected chi connectivity index (χ3v) is 3.79. The van der Waals surface area contributed by atoms with E-state index in [1.165, 1.54) is 0 Å². The van der Waals surface area contributed by atoms with Gasteiger partial charge in [-0.1, -0.05) is 29.8 Å². The third kappa shape index (κ3) is 3.11. The summed E-state index contributed by atoms with van der Waals surface area (Å²) in [6.45, 7) is 6.07. The van der Waals surface area contributed by atoms with Crippen molar-refractivity contribution in [3.63, 3.8) is 0 Å². The summed E-state index contributed by atoms with van der Waals surface area (Å²) in [6.07, 6.45) is 2.30. The molecule has 2 atom stereocenters. The molecule has 16 heavy (non-hydrogen) atoms. The lowest BCUT2D eigenvalue weighted by atomic mass is 10.1. The lowest BCUT2D eigenvalue weighted by molar-refractivity contribution is 0.0929. The number of furan rings is 1. The molecule has 0 bridgehead atoms. The molecule has 1 aromatic heterocycles. The van der Waals surface area contributed by atoms with E-state index >= 15 is 0 Å². The van der Waals surface area contributed by atoms with Gasteiger partial charge in [0.05, 0.1) is 11.8 Å². The van der Waals surface area contributed by atoms with Gasteiger partial charge in [0.25, 0.3) is 5.91 Å². The molecule has 0 aliphatic carbocycles. The van der Waals surface area contributed by atoms with Crippen molar-refractivity contribution in [3.05, 3.63) is 23.7 Å². The molecule has 1 heterocycles. The minimum Gasteiger partial charge on any atom is -0.469 e. The Balaban J connectivity index is 2.65. The minimum atomic E-state index is -0.0501. The molecule has 0 aromatic carbocycles. The van der Waals surface area contributed by atoms with Crippen molar-refractivity contribution >= 4 is 21.8 Å². The summed E-state index contributed by atoms with van der Waals surface area (Å²) in [5.41, 5.74) is 0.649. The first-order valence-electron chi connectivity index (χ1n) is 5.53. The van der Waals surface area contributed by atoms with Crippen LogP contribution in [0.3, 0.4) is 0 Å². The summed E-state index contributed by atoms with van der Waals surface area (Å²) in [6, 6.07) is 1.87. The SMILES string of the molecule is CCc1occc1C(=O)NC(C)C(C)CBr. The molecule has 0 radical (unpaired) electrons. The van der Waals surface area contributed by atoms with Crippen molar-refractivity contribution in [2.24, 2.45) is 5.92 Å². The van der Waals surface area contributed by atoms with Gasteiger partial charge in [-0.05, 0) is 18.9 Å². The van der Waals surface area contributed by atoms with Crippen molar-refractivity contribution < 1.29 is 9.21 Å². The number of hydrogen-bond acceptors (Lipinski definition) is 2. The summed E-state index contributed by atoms with van der Waals surface area (Å²) in [5, 5.41) is 3.85. The predicted octanol–water partition coefficient (Wildman–Crippen LogP) is 2.99. The number of aryl methyl sites for hydroxylation is 1. The first-order valence-corrected chi connectivity index (χ1v) is 6.65. The second-order valence-corrected chi connectivity index (χ2v) is 4.65. The van der Waals surface area contributed by atoms with Gasteiger partial charge in [0.15, 0.2) is 0 Å².